The highest BCUT2D eigenvalue weighted by Gasteiger charge is 2.19. The molecule has 1 N–H and O–H groups in total. The van der Waals surface area contributed by atoms with Crippen LogP contribution in [0.15, 0.2) is 36.4 Å². The summed E-state index contributed by atoms with van der Waals surface area (Å²) in [6.45, 7) is 5.06. The molecule has 0 aliphatic heterocycles. The highest BCUT2D eigenvalue weighted by Crippen LogP contribution is 2.38. The van der Waals surface area contributed by atoms with Crippen molar-refractivity contribution < 1.29 is 24.1 Å². The highest BCUT2D eigenvalue weighted by molar-refractivity contribution is 6.30. The summed E-state index contributed by atoms with van der Waals surface area (Å²) in [6, 6.07) is 11.2. The average molecular weight is 472 g/mol. The van der Waals surface area contributed by atoms with Crippen molar-refractivity contribution in [2.75, 3.05) is 21.3 Å². The smallest absolute Gasteiger partial charge is 0.203 e. The maximum atomic E-state index is 12.0. The number of benzene rings is 2. The van der Waals surface area contributed by atoms with E-state index in [0.29, 0.717) is 53.2 Å². The lowest BCUT2D eigenvalue weighted by atomic mass is 10.1. The second kappa shape index (κ2) is 10.6. The molecule has 3 rings (SSSR count). The van der Waals surface area contributed by atoms with E-state index in [4.69, 9.17) is 25.8 Å². The van der Waals surface area contributed by atoms with Crippen molar-refractivity contribution in [2.45, 2.75) is 33.5 Å². The lowest BCUT2D eigenvalue weighted by Gasteiger charge is -2.15. The third-order valence-corrected chi connectivity index (χ3v) is 5.93. The summed E-state index contributed by atoms with van der Waals surface area (Å²) in [5.74, 6) is 0.449. The number of halogens is 1. The molecule has 1 aromatic heterocycles. The lowest BCUT2D eigenvalue weighted by Crippen LogP contribution is -2.25. The molecule has 0 saturated carbocycles. The number of hydrogen-bond donors (Lipinski definition) is 1. The number of methoxy groups -OCH3 is 3. The summed E-state index contributed by atoms with van der Waals surface area (Å²) in [5.41, 5.74) is 4.33. The van der Waals surface area contributed by atoms with Crippen LogP contribution in [0, 0.1) is 13.8 Å². The number of nitrogens with one attached hydrogen (secondary N) is 1. The van der Waals surface area contributed by atoms with Crippen molar-refractivity contribution in [3.05, 3.63) is 75.1 Å². The molecule has 176 valence electrons. The number of ether oxygens (including phenoxy) is 3. The normalized spacial score (nSPS) is 10.8. The van der Waals surface area contributed by atoms with Crippen molar-refractivity contribution >= 4 is 17.6 Å². The summed E-state index contributed by atoms with van der Waals surface area (Å²) < 4.78 is 18.2. The first kappa shape index (κ1) is 24.5. The van der Waals surface area contributed by atoms with E-state index < -0.39 is 5.97 Å². The maximum absolute atomic E-state index is 12.0. The van der Waals surface area contributed by atoms with Gasteiger partial charge in [-0.15, -0.1) is 0 Å². The zero-order chi connectivity index (χ0) is 24.1. The Morgan fingerprint density at radius 1 is 0.970 bits per heavy atom. The quantitative estimate of drug-likeness (QED) is 0.487. The Balaban J connectivity index is 1.85. The largest absolute Gasteiger partial charge is 0.545 e. The minimum Gasteiger partial charge on any atom is -0.545 e. The molecule has 0 bridgehead atoms. The molecule has 2 aromatic carbocycles. The number of rotatable bonds is 10. The van der Waals surface area contributed by atoms with Crippen LogP contribution in [0.1, 0.15) is 38.4 Å². The van der Waals surface area contributed by atoms with E-state index in [2.05, 4.69) is 5.32 Å². The molecule has 0 atom stereocenters. The molecule has 0 spiro atoms. The Labute approximate surface area is 198 Å². The fourth-order valence-corrected chi connectivity index (χ4v) is 4.27. The molecule has 0 unspecified atom stereocenters. The molecule has 0 fully saturated rings. The van der Waals surface area contributed by atoms with Crippen LogP contribution in [0.4, 0.5) is 0 Å². The van der Waals surface area contributed by atoms with Gasteiger partial charge in [0.1, 0.15) is 0 Å². The summed E-state index contributed by atoms with van der Waals surface area (Å²) in [7, 11) is 4.68. The average Bonchev–Trinajstić information content (AvgIpc) is 3.02. The zero-order valence-corrected chi connectivity index (χ0v) is 20.2. The summed E-state index contributed by atoms with van der Waals surface area (Å²) >= 11 is 6.12. The first-order chi connectivity index (χ1) is 15.8. The second-order valence-corrected chi connectivity index (χ2v) is 8.10. The van der Waals surface area contributed by atoms with Crippen LogP contribution in [0.5, 0.6) is 17.2 Å². The Hall–Kier alpha value is -3.16. The van der Waals surface area contributed by atoms with E-state index in [9.17, 15) is 9.90 Å². The maximum Gasteiger partial charge on any atom is 0.203 e. The first-order valence-electron chi connectivity index (χ1n) is 10.4. The third-order valence-electron chi connectivity index (χ3n) is 5.70. The van der Waals surface area contributed by atoms with Gasteiger partial charge < -0.3 is 34.0 Å². The summed E-state index contributed by atoms with van der Waals surface area (Å²) in [4.78, 5) is 12.0. The SMILES string of the molecule is COc1cc(CNCc2c(C(=O)[O-])c(C)n(Cc3cccc(Cl)c3)c2C)cc(OC)c1OC. The summed E-state index contributed by atoms with van der Waals surface area (Å²) in [5, 5.41) is 15.9. The van der Waals surface area contributed by atoms with Crippen LogP contribution >= 0.6 is 11.6 Å². The van der Waals surface area contributed by atoms with Gasteiger partial charge >= 0.3 is 0 Å². The fourth-order valence-electron chi connectivity index (χ4n) is 4.06. The van der Waals surface area contributed by atoms with Gasteiger partial charge in [0.15, 0.2) is 11.5 Å². The van der Waals surface area contributed by atoms with E-state index in [1.165, 1.54) is 0 Å². The van der Waals surface area contributed by atoms with Gasteiger partial charge in [0.2, 0.25) is 5.75 Å². The predicted molar refractivity (Wildman–Crippen MR) is 125 cm³/mol. The van der Waals surface area contributed by atoms with Gasteiger partial charge in [-0.25, -0.2) is 0 Å². The third kappa shape index (κ3) is 5.26. The van der Waals surface area contributed by atoms with E-state index in [-0.39, 0.29) is 5.56 Å². The Morgan fingerprint density at radius 2 is 1.64 bits per heavy atom. The van der Waals surface area contributed by atoms with Gasteiger partial charge in [0.25, 0.3) is 0 Å². The molecule has 0 aliphatic carbocycles. The molecule has 8 heteroatoms. The molecule has 0 aliphatic rings. The molecular formula is C25H28ClN2O5-. The van der Waals surface area contributed by atoms with Gasteiger partial charge in [-0.05, 0) is 54.8 Å². The van der Waals surface area contributed by atoms with Crippen LogP contribution < -0.4 is 24.6 Å². The molecule has 0 saturated heterocycles. The molecule has 3 aromatic rings. The molecule has 7 nitrogen and oxygen atoms in total. The van der Waals surface area contributed by atoms with Crippen molar-refractivity contribution in [1.82, 2.24) is 9.88 Å². The molecule has 0 amide bonds. The summed E-state index contributed by atoms with van der Waals surface area (Å²) in [6.07, 6.45) is 0. The molecule has 33 heavy (non-hydrogen) atoms. The topological polar surface area (TPSA) is 84.8 Å². The number of carboxylic acids is 1. The standard InChI is InChI=1S/C25H29ClN2O5/c1-15-20(13-27-12-18-10-21(31-3)24(33-5)22(11-18)32-4)23(25(29)30)16(2)28(15)14-17-7-6-8-19(26)9-17/h6-11,27H,12-14H2,1-5H3,(H,29,30)/p-1. The van der Waals surface area contributed by atoms with Gasteiger partial charge in [-0.3, -0.25) is 0 Å². The molecule has 1 heterocycles. The number of hydrogen-bond acceptors (Lipinski definition) is 6. The van der Waals surface area contributed by atoms with Crippen molar-refractivity contribution in [2.24, 2.45) is 0 Å². The monoisotopic (exact) mass is 471 g/mol. The van der Waals surface area contributed by atoms with Gasteiger partial charge in [-0.1, -0.05) is 23.7 Å². The number of aromatic carboxylic acids is 1. The Kier molecular flexibility index (Phi) is 7.89. The molecule has 0 radical (unpaired) electrons. The van der Waals surface area contributed by atoms with Crippen LogP contribution in [0.3, 0.4) is 0 Å². The van der Waals surface area contributed by atoms with Crippen LogP contribution in [-0.2, 0) is 19.6 Å². The van der Waals surface area contributed by atoms with E-state index in [1.54, 1.807) is 28.3 Å². The number of carbonyl (C=O) groups excluding carboxylic acids is 1. The van der Waals surface area contributed by atoms with Crippen LogP contribution in [0.2, 0.25) is 5.02 Å². The van der Waals surface area contributed by atoms with Crippen molar-refractivity contribution in [3.8, 4) is 17.2 Å². The van der Waals surface area contributed by atoms with Crippen LogP contribution in [-0.4, -0.2) is 31.9 Å². The number of nitrogens with zero attached hydrogens (tertiary/aromatic N) is 1. The predicted octanol–water partition coefficient (Wildman–Crippen LogP) is 3.49. The second-order valence-electron chi connectivity index (χ2n) is 7.67. The van der Waals surface area contributed by atoms with Gasteiger partial charge in [0, 0.05) is 41.6 Å². The van der Waals surface area contributed by atoms with Crippen molar-refractivity contribution in [3.63, 3.8) is 0 Å². The Morgan fingerprint density at radius 3 is 2.18 bits per heavy atom. The first-order valence-corrected chi connectivity index (χ1v) is 10.8. The number of carboxylic acid groups (broad SMARTS) is 1. The van der Waals surface area contributed by atoms with Crippen molar-refractivity contribution in [1.29, 1.82) is 0 Å². The minimum atomic E-state index is -1.19. The minimum absolute atomic E-state index is 0.215. The van der Waals surface area contributed by atoms with Gasteiger partial charge in [0.05, 0.1) is 27.3 Å². The fraction of sp³-hybridized carbons (Fsp3) is 0.320. The van der Waals surface area contributed by atoms with E-state index in [1.807, 2.05) is 47.9 Å². The van der Waals surface area contributed by atoms with E-state index >= 15 is 0 Å². The lowest BCUT2D eigenvalue weighted by molar-refractivity contribution is -0.255. The number of aromatic nitrogens is 1. The Bertz CT molecular complexity index is 1130. The van der Waals surface area contributed by atoms with E-state index in [0.717, 1.165) is 16.8 Å². The van der Waals surface area contributed by atoms with Gasteiger partial charge in [-0.2, -0.15) is 0 Å². The zero-order valence-electron chi connectivity index (χ0n) is 19.5. The molecular weight excluding hydrogens is 444 g/mol. The highest BCUT2D eigenvalue weighted by atomic mass is 35.5. The number of carbonyl (C=O) groups is 1. The van der Waals surface area contributed by atoms with Crippen LogP contribution in [0.25, 0.3) is 0 Å².